The van der Waals surface area contributed by atoms with Crippen molar-refractivity contribution in [3.63, 3.8) is 0 Å². The highest BCUT2D eigenvalue weighted by Gasteiger charge is 2.08. The monoisotopic (exact) mass is 209 g/mol. The van der Waals surface area contributed by atoms with Gasteiger partial charge in [0.1, 0.15) is 5.82 Å². The van der Waals surface area contributed by atoms with Gasteiger partial charge in [-0.25, -0.2) is 4.98 Å². The third kappa shape index (κ3) is 1.61. The number of hydrogen-bond acceptors (Lipinski definition) is 2. The number of nitrogens with zero attached hydrogens (tertiary/aromatic N) is 1. The van der Waals surface area contributed by atoms with Crippen LogP contribution in [0.1, 0.15) is 18.8 Å². The van der Waals surface area contributed by atoms with Gasteiger partial charge >= 0.3 is 0 Å². The van der Waals surface area contributed by atoms with Gasteiger partial charge in [-0.2, -0.15) is 0 Å². The van der Waals surface area contributed by atoms with Crippen molar-refractivity contribution >= 4 is 22.6 Å². The second-order valence-electron chi connectivity index (χ2n) is 3.29. The van der Waals surface area contributed by atoms with Crippen LogP contribution in [0, 0.1) is 0 Å². The molecule has 0 fully saturated rings. The Hall–Kier alpha value is -1.06. The van der Waals surface area contributed by atoms with Crippen LogP contribution >= 0.6 is 11.6 Å². The SMILES string of the molecule is CNC(C)c1nc2ccc(Cl)cc2[nH]1. The Morgan fingerprint density at radius 1 is 1.50 bits per heavy atom. The van der Waals surface area contributed by atoms with Crippen LogP contribution in [0.5, 0.6) is 0 Å². The van der Waals surface area contributed by atoms with E-state index in [0.29, 0.717) is 0 Å². The summed E-state index contributed by atoms with van der Waals surface area (Å²) < 4.78 is 0. The van der Waals surface area contributed by atoms with Crippen LogP contribution < -0.4 is 5.32 Å². The number of benzene rings is 1. The van der Waals surface area contributed by atoms with Crippen molar-refractivity contribution in [2.75, 3.05) is 7.05 Å². The van der Waals surface area contributed by atoms with Crippen LogP contribution in [-0.2, 0) is 0 Å². The number of rotatable bonds is 2. The van der Waals surface area contributed by atoms with E-state index in [2.05, 4.69) is 22.2 Å². The van der Waals surface area contributed by atoms with E-state index >= 15 is 0 Å². The number of fused-ring (bicyclic) bond motifs is 1. The molecule has 1 atom stereocenters. The maximum Gasteiger partial charge on any atom is 0.124 e. The minimum atomic E-state index is 0.223. The molecule has 0 aliphatic rings. The van der Waals surface area contributed by atoms with Crippen LogP contribution in [0.4, 0.5) is 0 Å². The Balaban J connectivity index is 2.51. The lowest BCUT2D eigenvalue weighted by molar-refractivity contribution is 0.620. The zero-order valence-corrected chi connectivity index (χ0v) is 8.89. The standard InChI is InChI=1S/C10H12ClN3/c1-6(12-2)10-13-8-4-3-7(11)5-9(8)14-10/h3-6,12H,1-2H3,(H,13,14). The third-order valence-electron chi connectivity index (χ3n) is 2.31. The van der Waals surface area contributed by atoms with Crippen LogP contribution in [0.3, 0.4) is 0 Å². The number of aromatic nitrogens is 2. The van der Waals surface area contributed by atoms with Gasteiger partial charge in [0, 0.05) is 5.02 Å². The van der Waals surface area contributed by atoms with Gasteiger partial charge in [0.15, 0.2) is 0 Å². The minimum Gasteiger partial charge on any atom is -0.341 e. The fourth-order valence-corrected chi connectivity index (χ4v) is 1.52. The summed E-state index contributed by atoms with van der Waals surface area (Å²) in [5, 5.41) is 3.86. The Morgan fingerprint density at radius 3 is 3.00 bits per heavy atom. The van der Waals surface area contributed by atoms with E-state index < -0.39 is 0 Å². The zero-order chi connectivity index (χ0) is 10.1. The molecule has 0 spiro atoms. The van der Waals surface area contributed by atoms with Crippen molar-refractivity contribution < 1.29 is 0 Å². The van der Waals surface area contributed by atoms with Crippen LogP contribution in [-0.4, -0.2) is 17.0 Å². The normalized spacial score (nSPS) is 13.4. The molecule has 2 aromatic rings. The average molecular weight is 210 g/mol. The molecular formula is C10H12ClN3. The first-order chi connectivity index (χ1) is 6.70. The first kappa shape index (κ1) is 9.49. The van der Waals surface area contributed by atoms with Gasteiger partial charge in [-0.15, -0.1) is 0 Å². The van der Waals surface area contributed by atoms with Crippen molar-refractivity contribution in [3.8, 4) is 0 Å². The van der Waals surface area contributed by atoms with Gasteiger partial charge in [0.05, 0.1) is 17.1 Å². The summed E-state index contributed by atoms with van der Waals surface area (Å²) in [6, 6.07) is 5.87. The van der Waals surface area contributed by atoms with Gasteiger partial charge in [-0.1, -0.05) is 11.6 Å². The molecule has 1 heterocycles. The van der Waals surface area contributed by atoms with E-state index in [4.69, 9.17) is 11.6 Å². The molecule has 1 aromatic heterocycles. The molecule has 0 saturated carbocycles. The predicted octanol–water partition coefficient (Wildman–Crippen LogP) is 2.50. The van der Waals surface area contributed by atoms with Gasteiger partial charge < -0.3 is 10.3 Å². The Kier molecular flexibility index (Phi) is 2.44. The first-order valence-corrected chi connectivity index (χ1v) is 4.91. The quantitative estimate of drug-likeness (QED) is 0.798. The summed E-state index contributed by atoms with van der Waals surface area (Å²) in [6.07, 6.45) is 0. The fraction of sp³-hybridized carbons (Fsp3) is 0.300. The van der Waals surface area contributed by atoms with E-state index in [1.54, 1.807) is 0 Å². The topological polar surface area (TPSA) is 40.7 Å². The largest absolute Gasteiger partial charge is 0.341 e. The molecule has 14 heavy (non-hydrogen) atoms. The summed E-state index contributed by atoms with van der Waals surface area (Å²) in [4.78, 5) is 7.68. The fourth-order valence-electron chi connectivity index (χ4n) is 1.34. The highest BCUT2D eigenvalue weighted by atomic mass is 35.5. The van der Waals surface area contributed by atoms with E-state index in [0.717, 1.165) is 21.9 Å². The maximum atomic E-state index is 5.88. The lowest BCUT2D eigenvalue weighted by Crippen LogP contribution is -2.13. The highest BCUT2D eigenvalue weighted by molar-refractivity contribution is 6.31. The minimum absolute atomic E-state index is 0.223. The van der Waals surface area contributed by atoms with Crippen LogP contribution in [0.25, 0.3) is 11.0 Å². The van der Waals surface area contributed by atoms with Gasteiger partial charge in [0.25, 0.3) is 0 Å². The van der Waals surface area contributed by atoms with E-state index in [-0.39, 0.29) is 6.04 Å². The van der Waals surface area contributed by atoms with E-state index in [1.807, 2.05) is 25.2 Å². The Labute approximate surface area is 87.5 Å². The molecule has 0 amide bonds. The van der Waals surface area contributed by atoms with Crippen LogP contribution in [0.15, 0.2) is 18.2 Å². The molecule has 2 rings (SSSR count). The van der Waals surface area contributed by atoms with Crippen molar-refractivity contribution in [2.45, 2.75) is 13.0 Å². The van der Waals surface area contributed by atoms with Crippen LogP contribution in [0.2, 0.25) is 5.02 Å². The number of H-pyrrole nitrogens is 1. The first-order valence-electron chi connectivity index (χ1n) is 4.53. The van der Waals surface area contributed by atoms with Crippen molar-refractivity contribution in [1.29, 1.82) is 0 Å². The van der Waals surface area contributed by atoms with E-state index in [1.165, 1.54) is 0 Å². The molecule has 0 radical (unpaired) electrons. The number of nitrogens with one attached hydrogen (secondary N) is 2. The van der Waals surface area contributed by atoms with Crippen molar-refractivity contribution in [1.82, 2.24) is 15.3 Å². The predicted molar refractivity (Wildman–Crippen MR) is 58.6 cm³/mol. The summed E-state index contributed by atoms with van der Waals surface area (Å²) in [7, 11) is 1.91. The Morgan fingerprint density at radius 2 is 2.29 bits per heavy atom. The molecule has 0 bridgehead atoms. The molecule has 0 aliphatic carbocycles. The molecule has 1 aromatic carbocycles. The van der Waals surface area contributed by atoms with Crippen molar-refractivity contribution in [2.24, 2.45) is 0 Å². The molecule has 0 saturated heterocycles. The number of halogens is 1. The second-order valence-corrected chi connectivity index (χ2v) is 3.73. The zero-order valence-electron chi connectivity index (χ0n) is 8.13. The molecular weight excluding hydrogens is 198 g/mol. The van der Waals surface area contributed by atoms with Gasteiger partial charge in [-0.05, 0) is 32.2 Å². The molecule has 0 aliphatic heterocycles. The van der Waals surface area contributed by atoms with Crippen molar-refractivity contribution in [3.05, 3.63) is 29.0 Å². The summed E-state index contributed by atoms with van der Waals surface area (Å²) in [6.45, 7) is 2.05. The molecule has 4 heteroatoms. The van der Waals surface area contributed by atoms with Gasteiger partial charge in [-0.3, -0.25) is 0 Å². The highest BCUT2D eigenvalue weighted by Crippen LogP contribution is 2.19. The summed E-state index contributed by atoms with van der Waals surface area (Å²) in [5.41, 5.74) is 1.93. The number of aromatic amines is 1. The molecule has 2 N–H and O–H groups in total. The third-order valence-corrected chi connectivity index (χ3v) is 2.54. The lowest BCUT2D eigenvalue weighted by Gasteiger charge is -2.04. The summed E-state index contributed by atoms with van der Waals surface area (Å²) in [5.74, 6) is 0.935. The maximum absolute atomic E-state index is 5.88. The summed E-state index contributed by atoms with van der Waals surface area (Å²) >= 11 is 5.88. The molecule has 74 valence electrons. The average Bonchev–Trinajstić information content (AvgIpc) is 2.59. The van der Waals surface area contributed by atoms with E-state index in [9.17, 15) is 0 Å². The Bertz CT molecular complexity index is 450. The van der Waals surface area contributed by atoms with Gasteiger partial charge in [0.2, 0.25) is 0 Å². The molecule has 3 nitrogen and oxygen atoms in total. The molecule has 1 unspecified atom stereocenters. The smallest absolute Gasteiger partial charge is 0.124 e. The second kappa shape index (κ2) is 3.59. The lowest BCUT2D eigenvalue weighted by atomic mass is 10.3. The number of imidazole rings is 1. The number of hydrogen-bond donors (Lipinski definition) is 2.